The van der Waals surface area contributed by atoms with Crippen LogP contribution in [0.15, 0.2) is 35.4 Å². The zero-order valence-corrected chi connectivity index (χ0v) is 18.5. The third-order valence-corrected chi connectivity index (χ3v) is 5.54. The van der Waals surface area contributed by atoms with E-state index >= 15 is 0 Å². The van der Waals surface area contributed by atoms with Gasteiger partial charge >= 0.3 is 0 Å². The minimum absolute atomic E-state index is 0.0676. The first-order valence-corrected chi connectivity index (χ1v) is 10.9. The second-order valence-corrected chi connectivity index (χ2v) is 7.90. The molecule has 2 N–H and O–H groups in total. The van der Waals surface area contributed by atoms with Gasteiger partial charge in [0, 0.05) is 18.7 Å². The van der Waals surface area contributed by atoms with Gasteiger partial charge < -0.3 is 34.1 Å². The van der Waals surface area contributed by atoms with Crippen molar-refractivity contribution in [2.75, 3.05) is 33.5 Å². The van der Waals surface area contributed by atoms with Gasteiger partial charge in [0.15, 0.2) is 23.4 Å². The van der Waals surface area contributed by atoms with Gasteiger partial charge in [-0.05, 0) is 6.07 Å². The van der Waals surface area contributed by atoms with Crippen molar-refractivity contribution < 1.29 is 28.8 Å². The van der Waals surface area contributed by atoms with Gasteiger partial charge in [-0.1, -0.05) is 0 Å². The van der Waals surface area contributed by atoms with Crippen molar-refractivity contribution in [1.29, 1.82) is 0 Å². The molecule has 1 fully saturated rings. The fraction of sp³-hybridized carbons (Fsp3) is 0.455. The van der Waals surface area contributed by atoms with Crippen LogP contribution in [-0.4, -0.2) is 76.6 Å². The molecule has 5 rings (SSSR count). The predicted molar refractivity (Wildman–Crippen MR) is 118 cm³/mol. The van der Waals surface area contributed by atoms with E-state index in [9.17, 15) is 9.90 Å². The molecular weight excluding hydrogens is 446 g/mol. The molecule has 0 bridgehead atoms. The number of nitrogens with zero attached hydrogens (tertiary/aromatic N) is 4. The number of aliphatic hydroxyl groups is 1. The number of rotatable bonds is 7. The van der Waals surface area contributed by atoms with Gasteiger partial charge in [0.2, 0.25) is 5.88 Å². The lowest BCUT2D eigenvalue weighted by Gasteiger charge is -2.32. The molecule has 180 valence electrons. The molecule has 2 aliphatic rings. The summed E-state index contributed by atoms with van der Waals surface area (Å²) in [7, 11) is 1.49. The van der Waals surface area contributed by atoms with Gasteiger partial charge in [0.05, 0.1) is 51.0 Å². The molecule has 12 heteroatoms. The van der Waals surface area contributed by atoms with Gasteiger partial charge in [0.25, 0.3) is 5.56 Å². The van der Waals surface area contributed by atoms with Gasteiger partial charge in [0.1, 0.15) is 24.8 Å². The Morgan fingerprint density at radius 2 is 1.97 bits per heavy atom. The van der Waals surface area contributed by atoms with E-state index in [0.717, 1.165) is 5.69 Å². The predicted octanol–water partition coefficient (Wildman–Crippen LogP) is -0.141. The largest absolute Gasteiger partial charge is 0.486 e. The molecule has 2 aliphatic heterocycles. The highest BCUT2D eigenvalue weighted by Crippen LogP contribution is 2.29. The highest BCUT2D eigenvalue weighted by atomic mass is 16.7. The normalized spacial score (nSPS) is 20.8. The van der Waals surface area contributed by atoms with E-state index < -0.39 is 18.0 Å². The molecular formula is C22H25N5O7. The average Bonchev–Trinajstić information content (AvgIpc) is 2.89. The van der Waals surface area contributed by atoms with Crippen LogP contribution in [0.4, 0.5) is 0 Å². The second kappa shape index (κ2) is 9.89. The number of ether oxygens (including phenoxy) is 5. The molecule has 5 heterocycles. The van der Waals surface area contributed by atoms with Crippen LogP contribution in [0.1, 0.15) is 5.69 Å². The van der Waals surface area contributed by atoms with Crippen LogP contribution in [0, 0.1) is 0 Å². The SMILES string of the molecule is COc1ccc2ncc(=O)n(CC(O)C3OCC(NCc4cc5c(cn4)OCCO5)CO3)c2n1. The Morgan fingerprint density at radius 1 is 1.18 bits per heavy atom. The van der Waals surface area contributed by atoms with Crippen molar-refractivity contribution in [1.82, 2.24) is 24.8 Å². The van der Waals surface area contributed by atoms with E-state index in [1.165, 1.54) is 17.9 Å². The fourth-order valence-electron chi connectivity index (χ4n) is 3.78. The summed E-state index contributed by atoms with van der Waals surface area (Å²) in [5.74, 6) is 1.67. The summed E-state index contributed by atoms with van der Waals surface area (Å²) in [5.41, 5.74) is 1.23. The van der Waals surface area contributed by atoms with Gasteiger partial charge in [-0.2, -0.15) is 4.98 Å². The van der Waals surface area contributed by atoms with Crippen molar-refractivity contribution >= 4 is 11.2 Å². The lowest BCUT2D eigenvalue weighted by atomic mass is 10.2. The molecule has 1 atom stereocenters. The van der Waals surface area contributed by atoms with E-state index in [2.05, 4.69) is 20.3 Å². The Hall–Kier alpha value is -3.32. The molecule has 0 amide bonds. The zero-order chi connectivity index (χ0) is 23.5. The van der Waals surface area contributed by atoms with Crippen molar-refractivity contribution in [3.05, 3.63) is 46.6 Å². The Balaban J connectivity index is 1.17. The molecule has 0 spiro atoms. The number of pyridine rings is 2. The molecule has 12 nitrogen and oxygen atoms in total. The number of fused-ring (bicyclic) bond motifs is 2. The molecule has 0 aromatic carbocycles. The minimum atomic E-state index is -1.09. The summed E-state index contributed by atoms with van der Waals surface area (Å²) in [4.78, 5) is 25.2. The molecule has 1 unspecified atom stereocenters. The van der Waals surface area contributed by atoms with E-state index in [1.807, 2.05) is 6.07 Å². The topological polar surface area (TPSA) is 139 Å². The smallest absolute Gasteiger partial charge is 0.270 e. The van der Waals surface area contributed by atoms with Gasteiger partial charge in [-0.25, -0.2) is 4.98 Å². The first-order valence-electron chi connectivity index (χ1n) is 10.9. The Morgan fingerprint density at radius 3 is 2.76 bits per heavy atom. The lowest BCUT2D eigenvalue weighted by Crippen LogP contribution is -2.49. The molecule has 0 saturated carbocycles. The number of hydrogen-bond acceptors (Lipinski definition) is 11. The molecule has 1 saturated heterocycles. The van der Waals surface area contributed by atoms with Crippen molar-refractivity contribution in [3.63, 3.8) is 0 Å². The maximum absolute atomic E-state index is 12.4. The summed E-state index contributed by atoms with van der Waals surface area (Å²) >= 11 is 0. The van der Waals surface area contributed by atoms with Crippen molar-refractivity contribution in [3.8, 4) is 17.4 Å². The number of hydrogen-bond donors (Lipinski definition) is 2. The summed E-state index contributed by atoms with van der Waals surface area (Å²) in [6.07, 6.45) is 0.876. The lowest BCUT2D eigenvalue weighted by molar-refractivity contribution is -0.233. The van der Waals surface area contributed by atoms with Crippen LogP contribution in [-0.2, 0) is 22.6 Å². The Bertz CT molecular complexity index is 1210. The molecule has 3 aromatic rings. The Labute approximate surface area is 194 Å². The highest BCUT2D eigenvalue weighted by Gasteiger charge is 2.29. The van der Waals surface area contributed by atoms with E-state index in [0.29, 0.717) is 61.5 Å². The van der Waals surface area contributed by atoms with Crippen LogP contribution in [0.5, 0.6) is 17.4 Å². The monoisotopic (exact) mass is 471 g/mol. The minimum Gasteiger partial charge on any atom is -0.486 e. The second-order valence-electron chi connectivity index (χ2n) is 7.90. The molecule has 0 radical (unpaired) electrons. The number of aromatic nitrogens is 4. The summed E-state index contributed by atoms with van der Waals surface area (Å²) < 4.78 is 29.0. The van der Waals surface area contributed by atoms with Crippen LogP contribution >= 0.6 is 0 Å². The first kappa shape index (κ1) is 22.5. The summed E-state index contributed by atoms with van der Waals surface area (Å²) in [6.45, 7) is 2.11. The molecule has 3 aromatic heterocycles. The molecule has 34 heavy (non-hydrogen) atoms. The van der Waals surface area contributed by atoms with E-state index in [-0.39, 0.29) is 12.6 Å². The van der Waals surface area contributed by atoms with E-state index in [1.54, 1.807) is 18.3 Å². The summed E-state index contributed by atoms with van der Waals surface area (Å²) in [5, 5.41) is 14.0. The van der Waals surface area contributed by atoms with Crippen molar-refractivity contribution in [2.45, 2.75) is 31.5 Å². The summed E-state index contributed by atoms with van der Waals surface area (Å²) in [6, 6.07) is 5.11. The van der Waals surface area contributed by atoms with Crippen LogP contribution in [0.3, 0.4) is 0 Å². The third-order valence-electron chi connectivity index (χ3n) is 5.54. The zero-order valence-electron chi connectivity index (χ0n) is 18.5. The standard InChI is InChI=1S/C22H25N5O7/c1-30-19-3-2-15-21(26-19)27(20(29)9-25-15)10-16(28)22-33-11-14(12-34-22)23-7-13-6-17-18(8-24-13)32-5-4-31-17/h2-3,6,8-9,14,16,22-23,28H,4-5,7,10-12H2,1H3. The van der Waals surface area contributed by atoms with Crippen LogP contribution < -0.4 is 25.1 Å². The average molecular weight is 471 g/mol. The van der Waals surface area contributed by atoms with Crippen molar-refractivity contribution in [2.24, 2.45) is 0 Å². The quantitative estimate of drug-likeness (QED) is 0.476. The van der Waals surface area contributed by atoms with Crippen LogP contribution in [0.25, 0.3) is 11.2 Å². The Kier molecular flexibility index (Phi) is 6.54. The third kappa shape index (κ3) is 4.80. The van der Waals surface area contributed by atoms with Crippen LogP contribution in [0.2, 0.25) is 0 Å². The first-order chi connectivity index (χ1) is 16.6. The number of aliphatic hydroxyl groups excluding tert-OH is 1. The maximum Gasteiger partial charge on any atom is 0.270 e. The number of methoxy groups -OCH3 is 1. The fourth-order valence-corrected chi connectivity index (χ4v) is 3.78. The number of nitrogens with one attached hydrogen (secondary N) is 1. The van der Waals surface area contributed by atoms with Gasteiger partial charge in [-0.3, -0.25) is 14.3 Å². The maximum atomic E-state index is 12.4. The molecule has 0 aliphatic carbocycles. The highest BCUT2D eigenvalue weighted by molar-refractivity contribution is 5.70. The van der Waals surface area contributed by atoms with Gasteiger partial charge in [-0.15, -0.1) is 0 Å². The van der Waals surface area contributed by atoms with E-state index in [4.69, 9.17) is 23.7 Å².